The van der Waals surface area contributed by atoms with Crippen molar-refractivity contribution in [1.82, 2.24) is 0 Å². The Kier molecular flexibility index (Phi) is 3.72. The first-order chi connectivity index (χ1) is 9.12. The molecule has 1 aliphatic rings. The van der Waals surface area contributed by atoms with Crippen LogP contribution in [0.25, 0.3) is 0 Å². The molecule has 20 heavy (non-hydrogen) atoms. The summed E-state index contributed by atoms with van der Waals surface area (Å²) in [6.07, 6.45) is 1.10. The van der Waals surface area contributed by atoms with Crippen LogP contribution in [-0.2, 0) is 9.84 Å². The summed E-state index contributed by atoms with van der Waals surface area (Å²) in [6, 6.07) is 0. The molecule has 1 saturated heterocycles. The average Bonchev–Trinajstić information content (AvgIpc) is 2.79. The molecule has 1 aromatic rings. The predicted molar refractivity (Wildman–Crippen MR) is 80.9 cm³/mol. The molecule has 0 aliphatic carbocycles. The molecule has 1 amide bonds. The second-order valence-electron chi connectivity index (χ2n) is 5.48. The Morgan fingerprint density at radius 1 is 1.30 bits per heavy atom. The molecular formula is C12H19N3O3S2. The van der Waals surface area contributed by atoms with E-state index in [0.717, 1.165) is 30.7 Å². The minimum atomic E-state index is -3.51. The van der Waals surface area contributed by atoms with E-state index in [9.17, 15) is 13.2 Å². The Bertz CT molecular complexity index is 641. The molecule has 1 fully saturated rings. The first-order valence-electron chi connectivity index (χ1n) is 6.30. The number of anilines is 2. The highest BCUT2D eigenvalue weighted by Crippen LogP contribution is 2.43. The van der Waals surface area contributed by atoms with Crippen LogP contribution in [0.4, 0.5) is 10.7 Å². The molecule has 0 radical (unpaired) electrons. The molecule has 4 N–H and O–H groups in total. The van der Waals surface area contributed by atoms with Crippen molar-refractivity contribution in [3.63, 3.8) is 0 Å². The second-order valence-corrected chi connectivity index (χ2v) is 8.43. The molecule has 0 aromatic carbocycles. The fourth-order valence-electron chi connectivity index (χ4n) is 2.46. The monoisotopic (exact) mass is 317 g/mol. The zero-order valence-corrected chi connectivity index (χ0v) is 13.3. The smallest absolute Gasteiger partial charge is 0.261 e. The number of hydrogen-bond acceptors (Lipinski definition) is 6. The van der Waals surface area contributed by atoms with Crippen molar-refractivity contribution in [2.24, 2.45) is 17.6 Å². The lowest BCUT2D eigenvalue weighted by Gasteiger charge is -2.17. The summed E-state index contributed by atoms with van der Waals surface area (Å²) >= 11 is 1.07. The van der Waals surface area contributed by atoms with Crippen molar-refractivity contribution < 1.29 is 13.2 Å². The number of sulfone groups is 1. The number of hydrogen-bond donors (Lipinski definition) is 2. The van der Waals surface area contributed by atoms with Crippen molar-refractivity contribution in [2.45, 2.75) is 18.7 Å². The van der Waals surface area contributed by atoms with Crippen molar-refractivity contribution in [3.05, 3.63) is 4.88 Å². The number of primary amides is 1. The van der Waals surface area contributed by atoms with E-state index in [2.05, 4.69) is 13.8 Å². The van der Waals surface area contributed by atoms with Gasteiger partial charge in [-0.05, 0) is 11.8 Å². The summed E-state index contributed by atoms with van der Waals surface area (Å²) in [7, 11) is -3.51. The maximum absolute atomic E-state index is 12.0. The molecule has 112 valence electrons. The summed E-state index contributed by atoms with van der Waals surface area (Å²) in [4.78, 5) is 13.5. The van der Waals surface area contributed by atoms with Crippen molar-refractivity contribution in [1.29, 1.82) is 0 Å². The standard InChI is InChI=1S/C12H19N3O3S2/c1-6-4-15(5-7(6)2)12-10(20(3,17)18)8(13)9(19-12)11(14)16/h6-7H,4-5,13H2,1-3H3,(H2,14,16). The van der Waals surface area contributed by atoms with E-state index in [1.165, 1.54) is 0 Å². The molecule has 2 heterocycles. The van der Waals surface area contributed by atoms with Crippen LogP contribution in [0.1, 0.15) is 23.5 Å². The molecule has 6 nitrogen and oxygen atoms in total. The summed E-state index contributed by atoms with van der Waals surface area (Å²) in [6.45, 7) is 5.75. The third-order valence-electron chi connectivity index (χ3n) is 3.75. The van der Waals surface area contributed by atoms with Gasteiger partial charge in [-0.3, -0.25) is 4.79 Å². The van der Waals surface area contributed by atoms with Crippen LogP contribution in [0.2, 0.25) is 0 Å². The van der Waals surface area contributed by atoms with Crippen LogP contribution < -0.4 is 16.4 Å². The minimum absolute atomic E-state index is 0.0211. The van der Waals surface area contributed by atoms with Crippen molar-refractivity contribution in [2.75, 3.05) is 30.0 Å². The fraction of sp³-hybridized carbons (Fsp3) is 0.583. The zero-order chi connectivity index (χ0) is 15.2. The maximum Gasteiger partial charge on any atom is 0.261 e. The van der Waals surface area contributed by atoms with Crippen molar-refractivity contribution >= 4 is 37.8 Å². The number of carbonyl (C=O) groups is 1. The van der Waals surface area contributed by atoms with Crippen LogP contribution in [0.5, 0.6) is 0 Å². The van der Waals surface area contributed by atoms with Crippen LogP contribution in [0.3, 0.4) is 0 Å². The minimum Gasteiger partial charge on any atom is -0.396 e. The molecule has 1 aromatic heterocycles. The normalized spacial score (nSPS) is 23.2. The SMILES string of the molecule is CC1CN(c2sc(C(N)=O)c(N)c2S(C)(=O)=O)CC1C. The van der Waals surface area contributed by atoms with Crippen LogP contribution in [-0.4, -0.2) is 33.7 Å². The van der Waals surface area contributed by atoms with Gasteiger partial charge in [0.1, 0.15) is 14.8 Å². The van der Waals surface area contributed by atoms with E-state index < -0.39 is 15.7 Å². The van der Waals surface area contributed by atoms with Gasteiger partial charge >= 0.3 is 0 Å². The van der Waals surface area contributed by atoms with Crippen molar-refractivity contribution in [3.8, 4) is 0 Å². The van der Waals surface area contributed by atoms with Gasteiger partial charge < -0.3 is 16.4 Å². The molecule has 8 heteroatoms. The van der Waals surface area contributed by atoms with E-state index in [0.29, 0.717) is 16.8 Å². The van der Waals surface area contributed by atoms with E-state index >= 15 is 0 Å². The Balaban J connectivity index is 2.58. The zero-order valence-electron chi connectivity index (χ0n) is 11.7. The van der Waals surface area contributed by atoms with Gasteiger partial charge in [0.05, 0.1) is 5.69 Å². The molecule has 0 spiro atoms. The van der Waals surface area contributed by atoms with E-state index in [1.54, 1.807) is 0 Å². The summed E-state index contributed by atoms with van der Waals surface area (Å²) in [5, 5.41) is 0.537. The number of rotatable bonds is 3. The number of nitrogens with two attached hydrogens (primary N) is 2. The molecular weight excluding hydrogens is 298 g/mol. The van der Waals surface area contributed by atoms with Gasteiger partial charge in [-0.25, -0.2) is 8.42 Å². The number of carbonyl (C=O) groups excluding carboxylic acids is 1. The van der Waals surface area contributed by atoms with Gasteiger partial charge in [0.2, 0.25) is 0 Å². The molecule has 2 unspecified atom stereocenters. The van der Waals surface area contributed by atoms with Gasteiger partial charge in [0.25, 0.3) is 5.91 Å². The Morgan fingerprint density at radius 2 is 1.80 bits per heavy atom. The summed E-state index contributed by atoms with van der Waals surface area (Å²) in [5.74, 6) is 0.231. The van der Waals surface area contributed by atoms with Gasteiger partial charge in [-0.1, -0.05) is 13.8 Å². The Morgan fingerprint density at radius 3 is 2.20 bits per heavy atom. The van der Waals surface area contributed by atoms with E-state index in [-0.39, 0.29) is 15.5 Å². The number of nitrogens with zero attached hydrogens (tertiary/aromatic N) is 1. The third-order valence-corrected chi connectivity index (χ3v) is 6.32. The lowest BCUT2D eigenvalue weighted by atomic mass is 10.0. The quantitative estimate of drug-likeness (QED) is 0.862. The lowest BCUT2D eigenvalue weighted by molar-refractivity contribution is 0.100. The lowest BCUT2D eigenvalue weighted by Crippen LogP contribution is -2.20. The van der Waals surface area contributed by atoms with Crippen LogP contribution in [0, 0.1) is 11.8 Å². The molecule has 1 aliphatic heterocycles. The number of amides is 1. The highest BCUT2D eigenvalue weighted by atomic mass is 32.2. The number of thiophene rings is 1. The second kappa shape index (κ2) is 4.92. The van der Waals surface area contributed by atoms with E-state index in [1.807, 2.05) is 4.90 Å². The summed E-state index contributed by atoms with van der Waals surface area (Å²) in [5.41, 5.74) is 11.1. The van der Waals surface area contributed by atoms with Gasteiger partial charge in [-0.15, -0.1) is 11.3 Å². The van der Waals surface area contributed by atoms with Gasteiger partial charge in [0.15, 0.2) is 9.84 Å². The highest BCUT2D eigenvalue weighted by molar-refractivity contribution is 7.91. The Hall–Kier alpha value is -1.28. The molecule has 2 atom stereocenters. The Labute approximate surface area is 122 Å². The largest absolute Gasteiger partial charge is 0.396 e. The van der Waals surface area contributed by atoms with E-state index in [4.69, 9.17) is 11.5 Å². The molecule has 0 saturated carbocycles. The van der Waals surface area contributed by atoms with Gasteiger partial charge in [-0.2, -0.15) is 0 Å². The third kappa shape index (κ3) is 2.49. The first-order valence-corrected chi connectivity index (χ1v) is 9.00. The highest BCUT2D eigenvalue weighted by Gasteiger charge is 2.34. The first kappa shape index (κ1) is 15.1. The van der Waals surface area contributed by atoms with Gasteiger partial charge in [0, 0.05) is 19.3 Å². The average molecular weight is 317 g/mol. The summed E-state index contributed by atoms with van der Waals surface area (Å²) < 4.78 is 24.0. The predicted octanol–water partition coefficient (Wildman–Crippen LogP) is 0.925. The van der Waals surface area contributed by atoms with Crippen LogP contribution >= 0.6 is 11.3 Å². The topological polar surface area (TPSA) is 106 Å². The molecule has 2 rings (SSSR count). The van der Waals surface area contributed by atoms with Crippen LogP contribution in [0.15, 0.2) is 4.90 Å². The fourth-order valence-corrected chi connectivity index (χ4v) is 5.04. The molecule has 0 bridgehead atoms. The maximum atomic E-state index is 12.0. The number of nitrogen functional groups attached to an aromatic ring is 1.